The number of halogens is 1. The van der Waals surface area contributed by atoms with E-state index in [4.69, 9.17) is 9.72 Å². The highest BCUT2D eigenvalue weighted by Crippen LogP contribution is 2.34. The van der Waals surface area contributed by atoms with E-state index in [1.807, 2.05) is 49.6 Å². The van der Waals surface area contributed by atoms with Crippen LogP contribution in [-0.2, 0) is 0 Å². The van der Waals surface area contributed by atoms with Crippen molar-refractivity contribution in [3.05, 3.63) is 78.7 Å². The lowest BCUT2D eigenvalue weighted by atomic mass is 9.96. The monoisotopic (exact) mass is 509 g/mol. The van der Waals surface area contributed by atoms with E-state index in [9.17, 15) is 4.79 Å². The Labute approximate surface area is 199 Å². The minimum Gasteiger partial charge on any atom is -0.494 e. The molecule has 4 rings (SSSR count). The van der Waals surface area contributed by atoms with Gasteiger partial charge in [0.1, 0.15) is 5.75 Å². The summed E-state index contributed by atoms with van der Waals surface area (Å²) >= 11 is 5.01. The molecular formula is C25H24BrN3O2S. The number of para-hydroxylation sites is 1. The molecule has 0 aliphatic rings. The Bertz CT molecular complexity index is 1370. The van der Waals surface area contributed by atoms with Crippen LogP contribution in [0.3, 0.4) is 0 Å². The molecule has 0 fully saturated rings. The predicted molar refractivity (Wildman–Crippen MR) is 136 cm³/mol. The van der Waals surface area contributed by atoms with Crippen molar-refractivity contribution in [3.8, 4) is 17.1 Å². The predicted octanol–water partition coefficient (Wildman–Crippen LogP) is 6.60. The fourth-order valence-corrected chi connectivity index (χ4v) is 4.88. The smallest absolute Gasteiger partial charge is 0.282 e. The number of aryl methyl sites for hydroxylation is 1. The van der Waals surface area contributed by atoms with Crippen LogP contribution >= 0.6 is 27.3 Å². The Hall–Kier alpha value is -2.77. The molecular weight excluding hydrogens is 486 g/mol. The molecule has 0 amide bonds. The van der Waals surface area contributed by atoms with Crippen LogP contribution in [0.5, 0.6) is 5.75 Å². The van der Waals surface area contributed by atoms with Gasteiger partial charge in [-0.05, 0) is 77.2 Å². The number of rotatable bonds is 6. The van der Waals surface area contributed by atoms with Gasteiger partial charge in [0.25, 0.3) is 5.56 Å². The third kappa shape index (κ3) is 4.40. The second kappa shape index (κ2) is 9.38. The number of hydrogen-bond donors (Lipinski definition) is 0. The van der Waals surface area contributed by atoms with Gasteiger partial charge >= 0.3 is 0 Å². The van der Waals surface area contributed by atoms with E-state index in [0.717, 1.165) is 31.8 Å². The average molecular weight is 510 g/mol. The molecule has 0 bridgehead atoms. The Morgan fingerprint density at radius 2 is 2.03 bits per heavy atom. The maximum absolute atomic E-state index is 13.4. The quantitative estimate of drug-likeness (QED) is 0.275. The summed E-state index contributed by atoms with van der Waals surface area (Å²) in [4.78, 5) is 19.2. The van der Waals surface area contributed by atoms with Gasteiger partial charge in [0.05, 0.1) is 23.7 Å². The standard InChI is InChI=1S/C25H24BrN3O2S/c1-5-31-23-10-16(4)21(12-20(23)15(2)3)24-28-22-9-7-6-8-19(22)25(30)29(24)27-13-18-11-17(26)14-32-18/h6-15H,5H2,1-4H3. The number of fused-ring (bicyclic) bond motifs is 1. The van der Waals surface area contributed by atoms with Gasteiger partial charge in [0.15, 0.2) is 5.82 Å². The number of nitrogens with zero attached hydrogens (tertiary/aromatic N) is 3. The van der Waals surface area contributed by atoms with E-state index < -0.39 is 0 Å². The van der Waals surface area contributed by atoms with E-state index in [1.54, 1.807) is 23.6 Å². The molecule has 2 aromatic carbocycles. The van der Waals surface area contributed by atoms with Gasteiger partial charge in [0, 0.05) is 20.3 Å². The maximum atomic E-state index is 13.4. The van der Waals surface area contributed by atoms with Crippen LogP contribution in [0.4, 0.5) is 0 Å². The maximum Gasteiger partial charge on any atom is 0.282 e. The molecule has 0 saturated heterocycles. The van der Waals surface area contributed by atoms with Crippen LogP contribution in [0.2, 0.25) is 0 Å². The molecule has 32 heavy (non-hydrogen) atoms. The third-order valence-corrected chi connectivity index (χ3v) is 6.79. The van der Waals surface area contributed by atoms with Crippen molar-refractivity contribution < 1.29 is 4.74 Å². The van der Waals surface area contributed by atoms with Crippen LogP contribution < -0.4 is 10.3 Å². The Balaban J connectivity index is 1.98. The molecule has 5 nitrogen and oxygen atoms in total. The first kappa shape index (κ1) is 22.4. The first-order chi connectivity index (χ1) is 15.4. The zero-order valence-electron chi connectivity index (χ0n) is 18.4. The lowest BCUT2D eigenvalue weighted by molar-refractivity contribution is 0.335. The lowest BCUT2D eigenvalue weighted by Crippen LogP contribution is -2.20. The molecule has 0 aliphatic heterocycles. The summed E-state index contributed by atoms with van der Waals surface area (Å²) in [5, 5.41) is 7.08. The molecule has 0 aliphatic carbocycles. The van der Waals surface area contributed by atoms with Crippen LogP contribution in [0.1, 0.15) is 42.7 Å². The minimum absolute atomic E-state index is 0.197. The highest BCUT2D eigenvalue weighted by molar-refractivity contribution is 9.10. The summed E-state index contributed by atoms with van der Waals surface area (Å²) in [6.45, 7) is 8.84. The molecule has 164 valence electrons. The van der Waals surface area contributed by atoms with Gasteiger partial charge in [-0.2, -0.15) is 9.78 Å². The molecule has 0 saturated carbocycles. The topological polar surface area (TPSA) is 56.5 Å². The highest BCUT2D eigenvalue weighted by Gasteiger charge is 2.18. The van der Waals surface area contributed by atoms with Gasteiger partial charge < -0.3 is 4.74 Å². The Morgan fingerprint density at radius 3 is 2.72 bits per heavy atom. The highest BCUT2D eigenvalue weighted by atomic mass is 79.9. The van der Waals surface area contributed by atoms with Crippen LogP contribution in [0, 0.1) is 6.92 Å². The third-order valence-electron chi connectivity index (χ3n) is 5.16. The number of hydrogen-bond acceptors (Lipinski definition) is 5. The fourth-order valence-electron chi connectivity index (χ4n) is 3.59. The van der Waals surface area contributed by atoms with Crippen LogP contribution in [0.15, 0.2) is 62.2 Å². The van der Waals surface area contributed by atoms with Crippen LogP contribution in [0.25, 0.3) is 22.3 Å². The molecule has 0 unspecified atom stereocenters. The van der Waals surface area contributed by atoms with E-state index >= 15 is 0 Å². The van der Waals surface area contributed by atoms with Gasteiger partial charge in [0.2, 0.25) is 0 Å². The number of ether oxygens (including phenoxy) is 1. The normalized spacial score (nSPS) is 11.7. The Morgan fingerprint density at radius 1 is 1.25 bits per heavy atom. The SMILES string of the molecule is CCOc1cc(C)c(-c2nc3ccccc3c(=O)n2N=Cc2cc(Br)cs2)cc1C(C)C. The van der Waals surface area contributed by atoms with Crippen molar-refractivity contribution in [2.24, 2.45) is 5.10 Å². The summed E-state index contributed by atoms with van der Waals surface area (Å²) in [6.07, 6.45) is 1.70. The fraction of sp³-hybridized carbons (Fsp3) is 0.240. The van der Waals surface area contributed by atoms with Gasteiger partial charge in [-0.25, -0.2) is 4.98 Å². The zero-order chi connectivity index (χ0) is 22.8. The van der Waals surface area contributed by atoms with Gasteiger partial charge in [-0.15, -0.1) is 11.3 Å². The average Bonchev–Trinajstić information content (AvgIpc) is 3.18. The summed E-state index contributed by atoms with van der Waals surface area (Å²) < 4.78 is 8.27. The minimum atomic E-state index is -0.197. The van der Waals surface area contributed by atoms with Crippen molar-refractivity contribution in [1.82, 2.24) is 9.66 Å². The number of thiophene rings is 1. The summed E-state index contributed by atoms with van der Waals surface area (Å²) in [5.74, 6) is 1.64. The molecule has 0 spiro atoms. The molecule has 0 radical (unpaired) electrons. The Kier molecular flexibility index (Phi) is 6.58. The van der Waals surface area contributed by atoms with E-state index in [1.165, 1.54) is 4.68 Å². The lowest BCUT2D eigenvalue weighted by Gasteiger charge is -2.18. The van der Waals surface area contributed by atoms with Crippen molar-refractivity contribution in [2.75, 3.05) is 6.61 Å². The number of aromatic nitrogens is 2. The molecule has 4 aromatic rings. The molecule has 2 aromatic heterocycles. The zero-order valence-corrected chi connectivity index (χ0v) is 20.8. The summed E-state index contributed by atoms with van der Waals surface area (Å²) in [6, 6.07) is 13.4. The van der Waals surface area contributed by atoms with Gasteiger partial charge in [-0.1, -0.05) is 26.0 Å². The second-order valence-corrected chi connectivity index (χ2v) is 9.63. The first-order valence-electron chi connectivity index (χ1n) is 10.5. The summed E-state index contributed by atoms with van der Waals surface area (Å²) in [7, 11) is 0. The van der Waals surface area contributed by atoms with Crippen LogP contribution in [-0.4, -0.2) is 22.5 Å². The molecule has 0 atom stereocenters. The van der Waals surface area contributed by atoms with E-state index in [0.29, 0.717) is 23.3 Å². The molecule has 2 heterocycles. The van der Waals surface area contributed by atoms with E-state index in [2.05, 4.69) is 40.9 Å². The summed E-state index contributed by atoms with van der Waals surface area (Å²) in [5.41, 5.74) is 3.37. The first-order valence-corrected chi connectivity index (χ1v) is 12.1. The van der Waals surface area contributed by atoms with Crippen molar-refractivity contribution >= 4 is 44.4 Å². The van der Waals surface area contributed by atoms with E-state index in [-0.39, 0.29) is 11.5 Å². The van der Waals surface area contributed by atoms with Crippen molar-refractivity contribution in [3.63, 3.8) is 0 Å². The largest absolute Gasteiger partial charge is 0.494 e. The van der Waals surface area contributed by atoms with Crippen molar-refractivity contribution in [2.45, 2.75) is 33.6 Å². The van der Waals surface area contributed by atoms with Gasteiger partial charge in [-0.3, -0.25) is 4.79 Å². The molecule has 7 heteroatoms. The van der Waals surface area contributed by atoms with Crippen molar-refractivity contribution in [1.29, 1.82) is 0 Å². The molecule has 0 N–H and O–H groups in total. The second-order valence-electron chi connectivity index (χ2n) is 7.77. The number of benzene rings is 2.